The van der Waals surface area contributed by atoms with Crippen molar-refractivity contribution in [1.82, 2.24) is 0 Å². The minimum absolute atomic E-state index is 0.0483. The Morgan fingerprint density at radius 3 is 2.82 bits per heavy atom. The summed E-state index contributed by atoms with van der Waals surface area (Å²) < 4.78 is 5.30. The number of hydrogen-bond donors (Lipinski definition) is 2. The van der Waals surface area contributed by atoms with Crippen molar-refractivity contribution in [3.8, 4) is 11.5 Å². The number of aromatic hydroxyl groups is 1. The summed E-state index contributed by atoms with van der Waals surface area (Å²) in [5, 5.41) is 20.4. The van der Waals surface area contributed by atoms with Gasteiger partial charge < -0.3 is 14.9 Å². The van der Waals surface area contributed by atoms with Gasteiger partial charge in [0.2, 0.25) is 0 Å². The van der Waals surface area contributed by atoms with E-state index in [4.69, 9.17) is 4.74 Å². The molecule has 0 aromatic heterocycles. The Morgan fingerprint density at radius 1 is 1.23 bits per heavy atom. The molecular weight excluding hydrogens is 276 g/mol. The maximum Gasteiger partial charge on any atom is 0.161 e. The molecule has 22 heavy (non-hydrogen) atoms. The van der Waals surface area contributed by atoms with Gasteiger partial charge in [0.15, 0.2) is 11.5 Å². The molecule has 118 valence electrons. The molecule has 0 amide bonds. The van der Waals surface area contributed by atoms with Crippen molar-refractivity contribution in [3.63, 3.8) is 0 Å². The fourth-order valence-corrected chi connectivity index (χ4v) is 5.12. The Balaban J connectivity index is 1.80. The molecule has 1 aromatic rings. The molecule has 1 aromatic carbocycles. The second kappa shape index (κ2) is 4.76. The summed E-state index contributed by atoms with van der Waals surface area (Å²) in [7, 11) is 1.60. The lowest BCUT2D eigenvalue weighted by atomic mass is 9.60. The van der Waals surface area contributed by atoms with E-state index < -0.39 is 0 Å². The van der Waals surface area contributed by atoms with Crippen LogP contribution in [0.15, 0.2) is 18.2 Å². The molecule has 0 aliphatic heterocycles. The first-order valence-electron chi connectivity index (χ1n) is 8.33. The Labute approximate surface area is 131 Å². The molecule has 0 bridgehead atoms. The minimum atomic E-state index is -0.161. The van der Waals surface area contributed by atoms with E-state index in [2.05, 4.69) is 13.0 Å². The largest absolute Gasteiger partial charge is 0.504 e. The molecule has 3 heteroatoms. The number of phenols is 1. The molecular formula is C19H24O3. The van der Waals surface area contributed by atoms with Gasteiger partial charge in [0.25, 0.3) is 0 Å². The predicted molar refractivity (Wildman–Crippen MR) is 85.9 cm³/mol. The smallest absolute Gasteiger partial charge is 0.161 e. The Kier molecular flexibility index (Phi) is 3.06. The normalized spacial score (nSPS) is 36.1. The Hall–Kier alpha value is -1.48. The van der Waals surface area contributed by atoms with Crippen LogP contribution in [0.1, 0.15) is 43.7 Å². The van der Waals surface area contributed by atoms with Crippen molar-refractivity contribution in [3.05, 3.63) is 29.3 Å². The van der Waals surface area contributed by atoms with Gasteiger partial charge in [-0.25, -0.2) is 0 Å². The Bertz CT molecular complexity index is 648. The topological polar surface area (TPSA) is 49.7 Å². The number of allylic oxidation sites excluding steroid dienone is 2. The summed E-state index contributed by atoms with van der Waals surface area (Å²) >= 11 is 0. The van der Waals surface area contributed by atoms with Gasteiger partial charge in [0.1, 0.15) is 0 Å². The molecule has 1 fully saturated rings. The number of aliphatic hydroxyl groups is 1. The quantitative estimate of drug-likeness (QED) is 0.834. The van der Waals surface area contributed by atoms with Gasteiger partial charge in [-0.1, -0.05) is 13.0 Å². The van der Waals surface area contributed by atoms with Gasteiger partial charge in [0, 0.05) is 5.41 Å². The molecule has 2 unspecified atom stereocenters. The first-order chi connectivity index (χ1) is 10.5. The van der Waals surface area contributed by atoms with Crippen LogP contribution >= 0.6 is 0 Å². The van der Waals surface area contributed by atoms with Crippen LogP contribution in [-0.2, 0) is 6.42 Å². The van der Waals surface area contributed by atoms with Crippen molar-refractivity contribution in [1.29, 1.82) is 0 Å². The summed E-state index contributed by atoms with van der Waals surface area (Å²) in [5.74, 6) is 1.91. The number of methoxy groups -OCH3 is 1. The van der Waals surface area contributed by atoms with Crippen LogP contribution < -0.4 is 4.74 Å². The van der Waals surface area contributed by atoms with E-state index in [0.717, 1.165) is 32.1 Å². The molecule has 0 radical (unpaired) electrons. The average Bonchev–Trinajstić information content (AvgIpc) is 2.82. The zero-order valence-corrected chi connectivity index (χ0v) is 13.3. The molecule has 3 aliphatic rings. The molecule has 4 rings (SSSR count). The summed E-state index contributed by atoms with van der Waals surface area (Å²) in [5.41, 5.74) is 3.93. The van der Waals surface area contributed by atoms with Crippen LogP contribution in [0.25, 0.3) is 5.57 Å². The van der Waals surface area contributed by atoms with Gasteiger partial charge >= 0.3 is 0 Å². The van der Waals surface area contributed by atoms with Gasteiger partial charge in [-0.05, 0) is 72.8 Å². The van der Waals surface area contributed by atoms with Crippen LogP contribution in [-0.4, -0.2) is 23.4 Å². The number of ether oxygens (including phenoxy) is 1. The van der Waals surface area contributed by atoms with E-state index in [1.54, 1.807) is 7.11 Å². The third-order valence-electron chi connectivity index (χ3n) is 6.45. The number of rotatable bonds is 1. The zero-order valence-electron chi connectivity index (χ0n) is 13.3. The number of hydrogen-bond acceptors (Lipinski definition) is 3. The lowest BCUT2D eigenvalue weighted by molar-refractivity contribution is 0.0251. The molecule has 3 nitrogen and oxygen atoms in total. The number of aliphatic hydroxyl groups excluding tert-OH is 1. The van der Waals surface area contributed by atoms with Crippen LogP contribution in [0.4, 0.5) is 0 Å². The summed E-state index contributed by atoms with van der Waals surface area (Å²) in [6.07, 6.45) is 7.31. The maximum absolute atomic E-state index is 10.4. The second-order valence-electron chi connectivity index (χ2n) is 7.40. The van der Waals surface area contributed by atoms with E-state index in [1.807, 2.05) is 12.1 Å². The molecule has 0 spiro atoms. The van der Waals surface area contributed by atoms with Crippen molar-refractivity contribution < 1.29 is 14.9 Å². The highest BCUT2D eigenvalue weighted by molar-refractivity contribution is 5.75. The predicted octanol–water partition coefficient (Wildman–Crippen LogP) is 3.53. The van der Waals surface area contributed by atoms with Gasteiger partial charge in [0.05, 0.1) is 13.2 Å². The standard InChI is InChI=1S/C19H24O3/c1-19-8-7-12-13(15(19)5-6-18(19)21)4-3-11-9-16(20)17(22-2)10-14(11)12/h7,9-10,13,15,18,20-21H,3-6,8H2,1-2H3/t13?,15?,18-,19-/m0/s1. The number of fused-ring (bicyclic) bond motifs is 5. The van der Waals surface area contributed by atoms with Crippen molar-refractivity contribution >= 4 is 5.57 Å². The van der Waals surface area contributed by atoms with E-state index in [1.165, 1.54) is 16.7 Å². The number of aryl methyl sites for hydroxylation is 1. The molecule has 3 aliphatic carbocycles. The van der Waals surface area contributed by atoms with Crippen molar-refractivity contribution in [2.75, 3.05) is 7.11 Å². The highest BCUT2D eigenvalue weighted by Gasteiger charge is 2.51. The van der Waals surface area contributed by atoms with Gasteiger partial charge in [-0.3, -0.25) is 0 Å². The first kappa shape index (κ1) is 14.1. The molecule has 1 saturated carbocycles. The molecule has 2 N–H and O–H groups in total. The summed E-state index contributed by atoms with van der Waals surface area (Å²) in [4.78, 5) is 0. The number of benzene rings is 1. The maximum atomic E-state index is 10.4. The lowest BCUT2D eigenvalue weighted by Gasteiger charge is -2.45. The zero-order chi connectivity index (χ0) is 15.5. The molecule has 4 atom stereocenters. The van der Waals surface area contributed by atoms with E-state index >= 15 is 0 Å². The van der Waals surface area contributed by atoms with Crippen LogP contribution in [0.2, 0.25) is 0 Å². The van der Waals surface area contributed by atoms with Crippen molar-refractivity contribution in [2.24, 2.45) is 17.3 Å². The van der Waals surface area contributed by atoms with Gasteiger partial charge in [-0.15, -0.1) is 0 Å². The SMILES string of the molecule is COc1cc2c(cc1O)CCC1C2=CC[C@@]2(C)C1CC[C@@H]2O. The fourth-order valence-electron chi connectivity index (χ4n) is 5.12. The third-order valence-corrected chi connectivity index (χ3v) is 6.45. The lowest BCUT2D eigenvalue weighted by Crippen LogP contribution is -2.40. The minimum Gasteiger partial charge on any atom is -0.504 e. The van der Waals surface area contributed by atoms with E-state index in [-0.39, 0.29) is 17.3 Å². The fraction of sp³-hybridized carbons (Fsp3) is 0.579. The van der Waals surface area contributed by atoms with Crippen LogP contribution in [0.3, 0.4) is 0 Å². The van der Waals surface area contributed by atoms with E-state index in [0.29, 0.717) is 17.6 Å². The van der Waals surface area contributed by atoms with Crippen LogP contribution in [0, 0.1) is 17.3 Å². The summed E-state index contributed by atoms with van der Waals surface area (Å²) in [6.45, 7) is 2.26. The monoisotopic (exact) mass is 300 g/mol. The van der Waals surface area contributed by atoms with E-state index in [9.17, 15) is 10.2 Å². The number of phenolic OH excluding ortho intramolecular Hbond substituents is 1. The Morgan fingerprint density at radius 2 is 2.05 bits per heavy atom. The van der Waals surface area contributed by atoms with Crippen molar-refractivity contribution in [2.45, 2.75) is 45.1 Å². The molecule has 0 heterocycles. The first-order valence-corrected chi connectivity index (χ1v) is 8.33. The van der Waals surface area contributed by atoms with Gasteiger partial charge in [-0.2, -0.15) is 0 Å². The highest BCUT2D eigenvalue weighted by Crippen LogP contribution is 2.58. The molecule has 0 saturated heterocycles. The average molecular weight is 300 g/mol. The highest BCUT2D eigenvalue weighted by atomic mass is 16.5. The van der Waals surface area contributed by atoms with Crippen LogP contribution in [0.5, 0.6) is 11.5 Å². The second-order valence-corrected chi connectivity index (χ2v) is 7.40. The third kappa shape index (κ3) is 1.78. The summed E-state index contributed by atoms with van der Waals surface area (Å²) in [6, 6.07) is 3.86.